The standard InChI is InChI=1S/C17H12ClNO/c1-20-11-6-7-12-10(8-11)9-14-16(18)13-4-2-3-5-15(13)19-17(12)14/h2-8H,9H2,1H3. The van der Waals surface area contributed by atoms with E-state index in [-0.39, 0.29) is 0 Å². The first kappa shape index (κ1) is 11.7. The van der Waals surface area contributed by atoms with Crippen molar-refractivity contribution in [3.63, 3.8) is 0 Å². The number of para-hydroxylation sites is 1. The van der Waals surface area contributed by atoms with Gasteiger partial charge >= 0.3 is 0 Å². The smallest absolute Gasteiger partial charge is 0.119 e. The Hall–Kier alpha value is -2.06. The first-order valence-electron chi connectivity index (χ1n) is 6.52. The summed E-state index contributed by atoms with van der Waals surface area (Å²) in [6, 6.07) is 14.1. The summed E-state index contributed by atoms with van der Waals surface area (Å²) in [6.45, 7) is 0. The Labute approximate surface area is 122 Å². The van der Waals surface area contributed by atoms with Gasteiger partial charge in [-0.3, -0.25) is 0 Å². The molecule has 1 aromatic heterocycles. The molecule has 0 amide bonds. The molecule has 98 valence electrons. The molecule has 0 unspecified atom stereocenters. The van der Waals surface area contributed by atoms with Crippen molar-refractivity contribution in [2.45, 2.75) is 6.42 Å². The molecule has 1 aliphatic carbocycles. The second kappa shape index (κ2) is 4.22. The van der Waals surface area contributed by atoms with Crippen LogP contribution in [0.3, 0.4) is 0 Å². The number of hydrogen-bond donors (Lipinski definition) is 0. The fourth-order valence-electron chi connectivity index (χ4n) is 2.86. The number of benzene rings is 2. The van der Waals surface area contributed by atoms with Gasteiger partial charge in [-0.05, 0) is 29.8 Å². The van der Waals surface area contributed by atoms with Crippen molar-refractivity contribution >= 4 is 22.5 Å². The van der Waals surface area contributed by atoms with Crippen LogP contribution in [-0.4, -0.2) is 12.1 Å². The predicted molar refractivity (Wildman–Crippen MR) is 81.5 cm³/mol. The fourth-order valence-corrected chi connectivity index (χ4v) is 3.18. The number of aromatic nitrogens is 1. The van der Waals surface area contributed by atoms with Gasteiger partial charge in [-0.25, -0.2) is 4.98 Å². The zero-order chi connectivity index (χ0) is 13.7. The minimum atomic E-state index is 0.818. The van der Waals surface area contributed by atoms with E-state index in [9.17, 15) is 0 Å². The van der Waals surface area contributed by atoms with Crippen molar-refractivity contribution in [1.29, 1.82) is 0 Å². The Morgan fingerprint density at radius 3 is 2.85 bits per heavy atom. The van der Waals surface area contributed by atoms with Crippen molar-refractivity contribution in [3.05, 3.63) is 58.6 Å². The van der Waals surface area contributed by atoms with Gasteiger partial charge in [0.05, 0.1) is 23.3 Å². The molecule has 3 aromatic rings. The maximum atomic E-state index is 6.58. The van der Waals surface area contributed by atoms with Gasteiger partial charge in [-0.15, -0.1) is 0 Å². The molecule has 2 aromatic carbocycles. The summed E-state index contributed by atoms with van der Waals surface area (Å²) >= 11 is 6.58. The Morgan fingerprint density at radius 1 is 1.15 bits per heavy atom. The minimum Gasteiger partial charge on any atom is -0.497 e. The zero-order valence-electron chi connectivity index (χ0n) is 11.0. The van der Waals surface area contributed by atoms with Gasteiger partial charge in [-0.1, -0.05) is 29.8 Å². The molecule has 0 saturated carbocycles. The lowest BCUT2D eigenvalue weighted by Crippen LogP contribution is -1.89. The summed E-state index contributed by atoms with van der Waals surface area (Å²) in [5.41, 5.74) is 5.46. The van der Waals surface area contributed by atoms with Crippen LogP contribution in [0.15, 0.2) is 42.5 Å². The average Bonchev–Trinajstić information content (AvgIpc) is 2.85. The number of nitrogens with zero attached hydrogens (tertiary/aromatic N) is 1. The van der Waals surface area contributed by atoms with E-state index in [1.165, 1.54) is 5.56 Å². The van der Waals surface area contributed by atoms with Crippen molar-refractivity contribution in [1.82, 2.24) is 4.98 Å². The van der Waals surface area contributed by atoms with Crippen LogP contribution >= 0.6 is 11.6 Å². The van der Waals surface area contributed by atoms with E-state index in [1.807, 2.05) is 30.3 Å². The third-order valence-corrected chi connectivity index (χ3v) is 4.29. The first-order valence-corrected chi connectivity index (χ1v) is 6.90. The highest BCUT2D eigenvalue weighted by Gasteiger charge is 2.24. The molecule has 0 radical (unpaired) electrons. The number of halogens is 1. The van der Waals surface area contributed by atoms with Crippen molar-refractivity contribution in [2.75, 3.05) is 7.11 Å². The third-order valence-electron chi connectivity index (χ3n) is 3.86. The van der Waals surface area contributed by atoms with Gasteiger partial charge in [-0.2, -0.15) is 0 Å². The van der Waals surface area contributed by atoms with E-state index in [0.717, 1.165) is 44.9 Å². The first-order chi connectivity index (χ1) is 9.78. The van der Waals surface area contributed by atoms with E-state index in [2.05, 4.69) is 12.1 Å². The lowest BCUT2D eigenvalue weighted by Gasteiger charge is -2.06. The summed E-state index contributed by atoms with van der Waals surface area (Å²) in [7, 11) is 1.68. The van der Waals surface area contributed by atoms with E-state index in [1.54, 1.807) is 7.11 Å². The number of rotatable bonds is 1. The monoisotopic (exact) mass is 281 g/mol. The molecule has 3 heteroatoms. The molecule has 1 heterocycles. The maximum absolute atomic E-state index is 6.58. The second-order valence-corrected chi connectivity index (χ2v) is 5.35. The van der Waals surface area contributed by atoms with Gasteiger partial charge in [0, 0.05) is 22.9 Å². The Bertz CT molecular complexity index is 842. The molecular formula is C17H12ClNO. The number of pyridine rings is 1. The third kappa shape index (κ3) is 1.55. The Balaban J connectivity index is 2.01. The van der Waals surface area contributed by atoms with E-state index < -0.39 is 0 Å². The lowest BCUT2D eigenvalue weighted by atomic mass is 10.1. The molecule has 20 heavy (non-hydrogen) atoms. The van der Waals surface area contributed by atoms with Crippen LogP contribution in [-0.2, 0) is 6.42 Å². The summed E-state index contributed by atoms with van der Waals surface area (Å²) < 4.78 is 5.29. The van der Waals surface area contributed by atoms with Crippen LogP contribution in [0.25, 0.3) is 22.2 Å². The van der Waals surface area contributed by atoms with Gasteiger partial charge in [0.2, 0.25) is 0 Å². The van der Waals surface area contributed by atoms with Crippen LogP contribution in [0, 0.1) is 0 Å². The molecule has 0 fully saturated rings. The summed E-state index contributed by atoms with van der Waals surface area (Å²) in [5, 5.41) is 1.84. The Morgan fingerprint density at radius 2 is 2.00 bits per heavy atom. The summed E-state index contributed by atoms with van der Waals surface area (Å²) in [4.78, 5) is 4.79. The molecular weight excluding hydrogens is 270 g/mol. The molecule has 1 aliphatic rings. The topological polar surface area (TPSA) is 22.1 Å². The molecule has 4 rings (SSSR count). The van der Waals surface area contributed by atoms with Crippen LogP contribution < -0.4 is 4.74 Å². The van der Waals surface area contributed by atoms with Gasteiger partial charge in [0.25, 0.3) is 0 Å². The highest BCUT2D eigenvalue weighted by Crippen LogP contribution is 2.42. The quantitative estimate of drug-likeness (QED) is 0.514. The second-order valence-electron chi connectivity index (χ2n) is 4.97. The number of fused-ring (bicyclic) bond motifs is 4. The molecule has 0 atom stereocenters. The van der Waals surface area contributed by atoms with Crippen LogP contribution in [0.1, 0.15) is 11.1 Å². The van der Waals surface area contributed by atoms with E-state index >= 15 is 0 Å². The van der Waals surface area contributed by atoms with Gasteiger partial charge in [0.1, 0.15) is 5.75 Å². The average molecular weight is 282 g/mol. The molecule has 0 bridgehead atoms. The summed E-state index contributed by atoms with van der Waals surface area (Å²) in [6.07, 6.45) is 0.818. The highest BCUT2D eigenvalue weighted by molar-refractivity contribution is 6.36. The molecule has 0 aliphatic heterocycles. The largest absolute Gasteiger partial charge is 0.497 e. The van der Waals surface area contributed by atoms with Crippen LogP contribution in [0.2, 0.25) is 5.02 Å². The fraction of sp³-hybridized carbons (Fsp3) is 0.118. The van der Waals surface area contributed by atoms with Crippen LogP contribution in [0.4, 0.5) is 0 Å². The van der Waals surface area contributed by atoms with E-state index in [0.29, 0.717) is 0 Å². The normalized spacial score (nSPS) is 12.3. The van der Waals surface area contributed by atoms with Crippen molar-refractivity contribution in [2.24, 2.45) is 0 Å². The number of hydrogen-bond acceptors (Lipinski definition) is 2. The number of ether oxygens (including phenoxy) is 1. The minimum absolute atomic E-state index is 0.818. The van der Waals surface area contributed by atoms with Crippen molar-refractivity contribution in [3.8, 4) is 17.0 Å². The van der Waals surface area contributed by atoms with Gasteiger partial charge < -0.3 is 4.74 Å². The van der Waals surface area contributed by atoms with E-state index in [4.69, 9.17) is 21.3 Å². The summed E-state index contributed by atoms with van der Waals surface area (Å²) in [5.74, 6) is 0.872. The highest BCUT2D eigenvalue weighted by atomic mass is 35.5. The molecule has 2 nitrogen and oxygen atoms in total. The van der Waals surface area contributed by atoms with Gasteiger partial charge in [0.15, 0.2) is 0 Å². The van der Waals surface area contributed by atoms with Crippen molar-refractivity contribution < 1.29 is 4.74 Å². The molecule has 0 N–H and O–H groups in total. The lowest BCUT2D eigenvalue weighted by molar-refractivity contribution is 0.414. The predicted octanol–water partition coefficient (Wildman–Crippen LogP) is 4.47. The Kier molecular flexibility index (Phi) is 2.48. The SMILES string of the molecule is COc1ccc2c(c1)Cc1c-2nc2ccccc2c1Cl. The molecule has 0 saturated heterocycles. The zero-order valence-corrected chi connectivity index (χ0v) is 11.7. The number of methoxy groups -OCH3 is 1. The molecule has 0 spiro atoms. The maximum Gasteiger partial charge on any atom is 0.119 e. The van der Waals surface area contributed by atoms with Crippen LogP contribution in [0.5, 0.6) is 5.75 Å².